The Kier molecular flexibility index (Phi) is 3.05. The highest BCUT2D eigenvalue weighted by Gasteiger charge is 2.08. The Bertz CT molecular complexity index is 705. The number of fused-ring (bicyclic) bond motifs is 1. The van der Waals surface area contributed by atoms with E-state index in [1.165, 1.54) is 6.33 Å². The van der Waals surface area contributed by atoms with Gasteiger partial charge >= 0.3 is 0 Å². The maximum Gasteiger partial charge on any atom is 0.163 e. The first-order chi connectivity index (χ1) is 9.28. The normalized spacial score (nSPS) is 10.8. The summed E-state index contributed by atoms with van der Waals surface area (Å²) in [6, 6.07) is 7.71. The highest BCUT2D eigenvalue weighted by Crippen LogP contribution is 2.19. The second-order valence-corrected chi connectivity index (χ2v) is 4.57. The van der Waals surface area contributed by atoms with E-state index < -0.39 is 0 Å². The molecule has 1 N–H and O–H groups in total. The van der Waals surface area contributed by atoms with Crippen molar-refractivity contribution in [3.05, 3.63) is 47.4 Å². The van der Waals surface area contributed by atoms with Crippen LogP contribution in [0.25, 0.3) is 11.0 Å². The molecule has 0 aliphatic heterocycles. The number of aromatic nitrogens is 4. The molecule has 19 heavy (non-hydrogen) atoms. The maximum atomic E-state index is 5.88. The predicted octanol–water partition coefficient (Wildman–Crippen LogP) is 2.57. The predicted molar refractivity (Wildman–Crippen MR) is 75.4 cm³/mol. The van der Waals surface area contributed by atoms with Crippen molar-refractivity contribution in [1.29, 1.82) is 0 Å². The van der Waals surface area contributed by atoms with Crippen LogP contribution in [0.2, 0.25) is 5.02 Å². The summed E-state index contributed by atoms with van der Waals surface area (Å²) in [7, 11) is 1.83. The molecule has 3 rings (SSSR count). The van der Waals surface area contributed by atoms with Crippen LogP contribution in [0.1, 0.15) is 5.56 Å². The minimum Gasteiger partial charge on any atom is -0.372 e. The smallest absolute Gasteiger partial charge is 0.163 e. The van der Waals surface area contributed by atoms with Gasteiger partial charge in [0.15, 0.2) is 5.65 Å². The summed E-state index contributed by atoms with van der Waals surface area (Å²) >= 11 is 5.88. The zero-order valence-corrected chi connectivity index (χ0v) is 11.1. The van der Waals surface area contributed by atoms with Crippen molar-refractivity contribution in [2.45, 2.75) is 6.54 Å². The van der Waals surface area contributed by atoms with Crippen LogP contribution in [0.5, 0.6) is 0 Å². The van der Waals surface area contributed by atoms with E-state index in [0.29, 0.717) is 6.54 Å². The van der Waals surface area contributed by atoms with Crippen LogP contribution in [0.4, 0.5) is 5.82 Å². The van der Waals surface area contributed by atoms with E-state index in [-0.39, 0.29) is 0 Å². The standard InChI is InChI=1S/C13H12ClN5/c1-15-12-11-6-18-19(13(11)17-8-16-12)7-9-2-4-10(14)5-3-9/h2-6,8H,7H2,1H3,(H,15,16,17). The van der Waals surface area contributed by atoms with E-state index in [0.717, 1.165) is 27.4 Å². The van der Waals surface area contributed by atoms with E-state index >= 15 is 0 Å². The molecule has 2 aromatic heterocycles. The zero-order chi connectivity index (χ0) is 13.2. The molecule has 0 atom stereocenters. The van der Waals surface area contributed by atoms with Gasteiger partial charge < -0.3 is 5.32 Å². The molecular weight excluding hydrogens is 262 g/mol. The Labute approximate surface area is 115 Å². The van der Waals surface area contributed by atoms with Gasteiger partial charge in [-0.05, 0) is 17.7 Å². The fourth-order valence-corrected chi connectivity index (χ4v) is 2.10. The van der Waals surface area contributed by atoms with Crippen molar-refractivity contribution in [2.24, 2.45) is 0 Å². The van der Waals surface area contributed by atoms with Gasteiger partial charge in [-0.1, -0.05) is 23.7 Å². The lowest BCUT2D eigenvalue weighted by Crippen LogP contribution is -2.03. The lowest BCUT2D eigenvalue weighted by atomic mass is 10.2. The van der Waals surface area contributed by atoms with Crippen LogP contribution in [-0.4, -0.2) is 26.8 Å². The number of rotatable bonds is 3. The highest BCUT2D eigenvalue weighted by molar-refractivity contribution is 6.30. The molecule has 0 radical (unpaired) electrons. The largest absolute Gasteiger partial charge is 0.372 e. The number of anilines is 1. The van der Waals surface area contributed by atoms with Gasteiger partial charge in [0, 0.05) is 12.1 Å². The van der Waals surface area contributed by atoms with E-state index in [1.54, 1.807) is 6.20 Å². The molecule has 0 unspecified atom stereocenters. The van der Waals surface area contributed by atoms with Gasteiger partial charge in [-0.2, -0.15) is 5.10 Å². The Hall–Kier alpha value is -2.14. The fraction of sp³-hybridized carbons (Fsp3) is 0.154. The van der Waals surface area contributed by atoms with Crippen LogP contribution in [0, 0.1) is 0 Å². The topological polar surface area (TPSA) is 55.6 Å². The average Bonchev–Trinajstić information content (AvgIpc) is 2.84. The number of benzene rings is 1. The first kappa shape index (κ1) is 11.9. The van der Waals surface area contributed by atoms with E-state index in [1.807, 2.05) is 36.0 Å². The summed E-state index contributed by atoms with van der Waals surface area (Å²) in [6.45, 7) is 0.654. The minimum atomic E-state index is 0.654. The van der Waals surface area contributed by atoms with Gasteiger partial charge in [-0.15, -0.1) is 0 Å². The third-order valence-corrected chi connectivity index (χ3v) is 3.17. The van der Waals surface area contributed by atoms with Crippen LogP contribution in [-0.2, 0) is 6.54 Å². The molecule has 0 spiro atoms. The molecule has 5 nitrogen and oxygen atoms in total. The highest BCUT2D eigenvalue weighted by atomic mass is 35.5. The maximum absolute atomic E-state index is 5.88. The van der Waals surface area contributed by atoms with Gasteiger partial charge in [0.25, 0.3) is 0 Å². The van der Waals surface area contributed by atoms with Crippen LogP contribution in [0.3, 0.4) is 0 Å². The molecule has 2 heterocycles. The van der Waals surface area contributed by atoms with Gasteiger partial charge in [0.05, 0.1) is 18.1 Å². The molecule has 1 aromatic carbocycles. The molecule has 0 fully saturated rings. The molecule has 0 aliphatic carbocycles. The molecular formula is C13H12ClN5. The molecule has 0 bridgehead atoms. The summed E-state index contributed by atoms with van der Waals surface area (Å²) < 4.78 is 1.85. The Morgan fingerprint density at radius 2 is 2.00 bits per heavy atom. The number of hydrogen-bond acceptors (Lipinski definition) is 4. The number of halogens is 1. The lowest BCUT2D eigenvalue weighted by molar-refractivity contribution is 0.704. The Morgan fingerprint density at radius 3 is 2.74 bits per heavy atom. The van der Waals surface area contributed by atoms with Crippen molar-refractivity contribution in [1.82, 2.24) is 19.7 Å². The fourth-order valence-electron chi connectivity index (χ4n) is 1.97. The van der Waals surface area contributed by atoms with Crippen LogP contribution in [0.15, 0.2) is 36.8 Å². The van der Waals surface area contributed by atoms with Crippen molar-refractivity contribution < 1.29 is 0 Å². The van der Waals surface area contributed by atoms with Crippen molar-refractivity contribution in [3.63, 3.8) is 0 Å². The summed E-state index contributed by atoms with van der Waals surface area (Å²) in [4.78, 5) is 8.45. The van der Waals surface area contributed by atoms with E-state index in [9.17, 15) is 0 Å². The van der Waals surface area contributed by atoms with Crippen LogP contribution < -0.4 is 5.32 Å². The van der Waals surface area contributed by atoms with Crippen molar-refractivity contribution >= 4 is 28.5 Å². The molecule has 6 heteroatoms. The molecule has 96 valence electrons. The molecule has 0 aliphatic rings. The zero-order valence-electron chi connectivity index (χ0n) is 10.3. The van der Waals surface area contributed by atoms with E-state index in [4.69, 9.17) is 11.6 Å². The lowest BCUT2D eigenvalue weighted by Gasteiger charge is -2.04. The first-order valence-corrected chi connectivity index (χ1v) is 6.24. The minimum absolute atomic E-state index is 0.654. The molecule has 0 saturated carbocycles. The average molecular weight is 274 g/mol. The second kappa shape index (κ2) is 4.85. The molecule has 3 aromatic rings. The van der Waals surface area contributed by atoms with Crippen molar-refractivity contribution in [3.8, 4) is 0 Å². The van der Waals surface area contributed by atoms with Crippen LogP contribution >= 0.6 is 11.6 Å². The van der Waals surface area contributed by atoms with Gasteiger partial charge in [0.1, 0.15) is 12.1 Å². The number of hydrogen-bond donors (Lipinski definition) is 1. The quantitative estimate of drug-likeness (QED) is 0.797. The van der Waals surface area contributed by atoms with Crippen molar-refractivity contribution in [2.75, 3.05) is 12.4 Å². The Morgan fingerprint density at radius 1 is 1.21 bits per heavy atom. The monoisotopic (exact) mass is 273 g/mol. The Balaban J connectivity index is 1.99. The summed E-state index contributed by atoms with van der Waals surface area (Å²) in [6.07, 6.45) is 3.31. The summed E-state index contributed by atoms with van der Waals surface area (Å²) in [5.41, 5.74) is 1.94. The second-order valence-electron chi connectivity index (χ2n) is 4.14. The molecule has 0 amide bonds. The number of nitrogens with one attached hydrogen (secondary N) is 1. The SMILES string of the molecule is CNc1ncnc2c1cnn2Cc1ccc(Cl)cc1. The third-order valence-electron chi connectivity index (χ3n) is 2.92. The van der Waals surface area contributed by atoms with Gasteiger partial charge in [0.2, 0.25) is 0 Å². The number of nitrogens with zero attached hydrogens (tertiary/aromatic N) is 4. The van der Waals surface area contributed by atoms with Gasteiger partial charge in [-0.25, -0.2) is 14.6 Å². The first-order valence-electron chi connectivity index (χ1n) is 5.86. The van der Waals surface area contributed by atoms with Gasteiger partial charge in [-0.3, -0.25) is 0 Å². The summed E-state index contributed by atoms with van der Waals surface area (Å²) in [5.74, 6) is 0.785. The van der Waals surface area contributed by atoms with E-state index in [2.05, 4.69) is 20.4 Å². The third kappa shape index (κ3) is 2.24. The molecule has 0 saturated heterocycles. The summed E-state index contributed by atoms with van der Waals surface area (Å²) in [5, 5.41) is 9.04.